The molecule has 2 fully saturated rings. The molecule has 5 nitrogen and oxygen atoms in total. The van der Waals surface area contributed by atoms with Crippen LogP contribution in [-0.4, -0.2) is 55.9 Å². The Kier molecular flexibility index (Phi) is 6.60. The maximum Gasteiger partial charge on any atom is 0.252 e. The van der Waals surface area contributed by atoms with E-state index in [0.29, 0.717) is 29.1 Å². The highest BCUT2D eigenvalue weighted by Crippen LogP contribution is 2.31. The first-order chi connectivity index (χ1) is 13.9. The van der Waals surface area contributed by atoms with E-state index in [1.165, 1.54) is 17.4 Å². The fourth-order valence-corrected chi connectivity index (χ4v) is 7.72. The van der Waals surface area contributed by atoms with Crippen LogP contribution in [0.25, 0.3) is 0 Å². The number of benzene rings is 1. The summed E-state index contributed by atoms with van der Waals surface area (Å²) in [7, 11) is -3.39. The second kappa shape index (κ2) is 9.01. The third-order valence-electron chi connectivity index (χ3n) is 5.69. The van der Waals surface area contributed by atoms with Gasteiger partial charge in [0.1, 0.15) is 10.3 Å². The number of halogens is 2. The predicted octanol–water partition coefficient (Wildman–Crippen LogP) is 4.35. The molecule has 1 aromatic heterocycles. The average Bonchev–Trinajstić information content (AvgIpc) is 3.18. The zero-order valence-corrected chi connectivity index (χ0v) is 19.2. The Hall–Kier alpha value is -1.00. The van der Waals surface area contributed by atoms with Gasteiger partial charge in [-0.3, -0.25) is 0 Å². The van der Waals surface area contributed by atoms with Crippen molar-refractivity contribution in [1.29, 1.82) is 0 Å². The molecule has 2 aliphatic rings. The third-order valence-corrected chi connectivity index (χ3v) is 9.68. The monoisotopic (exact) mass is 502 g/mol. The molecular weight excluding hydrogens is 479 g/mol. The predicted molar refractivity (Wildman–Crippen MR) is 115 cm³/mol. The van der Waals surface area contributed by atoms with Crippen molar-refractivity contribution in [1.82, 2.24) is 9.21 Å². The minimum atomic E-state index is -3.39. The Morgan fingerprint density at radius 2 is 1.69 bits per heavy atom. The highest BCUT2D eigenvalue weighted by molar-refractivity contribution is 9.11. The van der Waals surface area contributed by atoms with E-state index in [-0.39, 0.29) is 11.9 Å². The van der Waals surface area contributed by atoms with E-state index in [2.05, 4.69) is 20.8 Å². The van der Waals surface area contributed by atoms with Crippen LogP contribution in [0.15, 0.2) is 44.4 Å². The van der Waals surface area contributed by atoms with Gasteiger partial charge in [-0.1, -0.05) is 12.1 Å². The molecule has 2 saturated heterocycles. The summed E-state index contributed by atoms with van der Waals surface area (Å²) in [5.74, 6) is 0.00552. The first-order valence-electron chi connectivity index (χ1n) is 9.84. The van der Waals surface area contributed by atoms with Crippen molar-refractivity contribution in [2.45, 2.75) is 42.0 Å². The number of para-hydroxylation sites is 1. The molecule has 9 heteroatoms. The molecule has 2 aromatic rings. The highest BCUT2D eigenvalue weighted by Gasteiger charge is 2.34. The quantitative estimate of drug-likeness (QED) is 0.609. The molecule has 0 atom stereocenters. The molecule has 0 radical (unpaired) electrons. The summed E-state index contributed by atoms with van der Waals surface area (Å²) in [6.45, 7) is 2.89. The fraction of sp³-hybridized carbons (Fsp3) is 0.500. The lowest BCUT2D eigenvalue weighted by molar-refractivity contribution is 0.0568. The summed E-state index contributed by atoms with van der Waals surface area (Å²) >= 11 is 4.59. The molecular formula is C20H24BrFN2O3S2. The minimum absolute atomic E-state index is 0.0286. The van der Waals surface area contributed by atoms with Gasteiger partial charge in [-0.2, -0.15) is 4.31 Å². The van der Waals surface area contributed by atoms with Crippen molar-refractivity contribution in [3.8, 4) is 5.75 Å². The molecule has 158 valence electrons. The van der Waals surface area contributed by atoms with Gasteiger partial charge in [0.25, 0.3) is 10.0 Å². The molecule has 4 rings (SSSR count). The molecule has 0 unspecified atom stereocenters. The lowest BCUT2D eigenvalue weighted by Crippen LogP contribution is -2.50. The second-order valence-corrected chi connectivity index (χ2v) is 12.1. The molecule has 0 saturated carbocycles. The highest BCUT2D eigenvalue weighted by atomic mass is 79.9. The van der Waals surface area contributed by atoms with E-state index >= 15 is 0 Å². The topological polar surface area (TPSA) is 49.9 Å². The Bertz CT molecular complexity index is 937. The van der Waals surface area contributed by atoms with Crippen LogP contribution in [0.3, 0.4) is 0 Å². The third kappa shape index (κ3) is 4.85. The van der Waals surface area contributed by atoms with Crippen LogP contribution in [-0.2, 0) is 10.0 Å². The molecule has 0 amide bonds. The van der Waals surface area contributed by atoms with Crippen molar-refractivity contribution >= 4 is 37.3 Å². The Balaban J connectivity index is 1.27. The number of sulfonamides is 1. The Morgan fingerprint density at radius 1 is 1.00 bits per heavy atom. The summed E-state index contributed by atoms with van der Waals surface area (Å²) in [6.07, 6.45) is 3.42. The molecule has 29 heavy (non-hydrogen) atoms. The molecule has 0 aliphatic carbocycles. The maximum absolute atomic E-state index is 13.8. The van der Waals surface area contributed by atoms with E-state index in [9.17, 15) is 12.8 Å². The summed E-state index contributed by atoms with van der Waals surface area (Å²) in [5.41, 5.74) is 0. The zero-order chi connectivity index (χ0) is 20.4. The van der Waals surface area contributed by atoms with E-state index in [0.717, 1.165) is 42.6 Å². The standard InChI is InChI=1S/C20H24BrFN2O3S2/c21-19-5-6-20(28-19)29(25,26)24-13-7-15(8-14-24)23-11-9-16(10-12-23)27-18-4-2-1-3-17(18)22/h1-6,15-16H,7-14H2. The molecule has 3 heterocycles. The number of hydrogen-bond acceptors (Lipinski definition) is 5. The van der Waals surface area contributed by atoms with Gasteiger partial charge in [-0.25, -0.2) is 12.8 Å². The van der Waals surface area contributed by atoms with E-state index in [1.807, 2.05) is 0 Å². The summed E-state index contributed by atoms with van der Waals surface area (Å²) in [6, 6.07) is 10.4. The van der Waals surface area contributed by atoms with Gasteiger partial charge in [0.2, 0.25) is 0 Å². The first kappa shape index (κ1) is 21.2. The fourth-order valence-electron chi connectivity index (χ4n) is 4.09. The molecule has 0 spiro atoms. The van der Waals surface area contributed by atoms with Crippen LogP contribution in [0.4, 0.5) is 4.39 Å². The van der Waals surface area contributed by atoms with Gasteiger partial charge in [-0.15, -0.1) is 11.3 Å². The van der Waals surface area contributed by atoms with E-state index < -0.39 is 10.0 Å². The summed E-state index contributed by atoms with van der Waals surface area (Å²) < 4.78 is 48.0. The molecule has 1 aromatic carbocycles. The van der Waals surface area contributed by atoms with Crippen molar-refractivity contribution < 1.29 is 17.5 Å². The first-order valence-corrected chi connectivity index (χ1v) is 12.9. The lowest BCUT2D eigenvalue weighted by atomic mass is 10.00. The number of hydrogen-bond donors (Lipinski definition) is 0. The largest absolute Gasteiger partial charge is 0.487 e. The number of thiophene rings is 1. The van der Waals surface area contributed by atoms with Gasteiger partial charge < -0.3 is 9.64 Å². The van der Waals surface area contributed by atoms with Crippen LogP contribution in [0, 0.1) is 5.82 Å². The SMILES string of the molecule is O=S(=O)(c1ccc(Br)s1)N1CCC(N2CCC(Oc3ccccc3F)CC2)CC1. The molecule has 0 bridgehead atoms. The van der Waals surface area contributed by atoms with Crippen molar-refractivity contribution in [2.24, 2.45) is 0 Å². The van der Waals surface area contributed by atoms with Crippen LogP contribution < -0.4 is 4.74 Å². The normalized spacial score (nSPS) is 20.8. The van der Waals surface area contributed by atoms with Crippen molar-refractivity contribution in [3.05, 3.63) is 46.0 Å². The second-order valence-electron chi connectivity index (χ2n) is 7.48. The van der Waals surface area contributed by atoms with Crippen LogP contribution in [0.1, 0.15) is 25.7 Å². The lowest BCUT2D eigenvalue weighted by Gasteiger charge is -2.41. The van der Waals surface area contributed by atoms with Crippen LogP contribution in [0.2, 0.25) is 0 Å². The average molecular weight is 503 g/mol. The molecule has 0 N–H and O–H groups in total. The number of rotatable bonds is 5. The van der Waals surface area contributed by atoms with Gasteiger partial charge in [0.15, 0.2) is 11.6 Å². The van der Waals surface area contributed by atoms with Crippen LogP contribution in [0.5, 0.6) is 5.75 Å². The summed E-state index contributed by atoms with van der Waals surface area (Å²) in [5, 5.41) is 0. The molecule has 2 aliphatic heterocycles. The Morgan fingerprint density at radius 3 is 2.31 bits per heavy atom. The van der Waals surface area contributed by atoms with Gasteiger partial charge in [0.05, 0.1) is 3.79 Å². The number of ether oxygens (including phenoxy) is 1. The number of nitrogens with zero attached hydrogens (tertiary/aromatic N) is 2. The maximum atomic E-state index is 13.8. The van der Waals surface area contributed by atoms with Crippen molar-refractivity contribution in [2.75, 3.05) is 26.2 Å². The van der Waals surface area contributed by atoms with Gasteiger partial charge in [0, 0.05) is 32.2 Å². The van der Waals surface area contributed by atoms with Gasteiger partial charge >= 0.3 is 0 Å². The summed E-state index contributed by atoms with van der Waals surface area (Å²) in [4.78, 5) is 2.44. The number of piperidine rings is 2. The Labute approximate surface area is 183 Å². The minimum Gasteiger partial charge on any atom is -0.487 e. The zero-order valence-electron chi connectivity index (χ0n) is 16.0. The van der Waals surface area contributed by atoms with Crippen molar-refractivity contribution in [3.63, 3.8) is 0 Å². The van der Waals surface area contributed by atoms with E-state index in [1.54, 1.807) is 34.6 Å². The smallest absolute Gasteiger partial charge is 0.252 e. The van der Waals surface area contributed by atoms with Gasteiger partial charge in [-0.05, 0) is 65.9 Å². The van der Waals surface area contributed by atoms with E-state index in [4.69, 9.17) is 4.74 Å². The number of likely N-dealkylation sites (tertiary alicyclic amines) is 1. The van der Waals surface area contributed by atoms with Crippen LogP contribution >= 0.6 is 27.3 Å².